The van der Waals surface area contributed by atoms with Crippen molar-refractivity contribution in [3.8, 4) is 0 Å². The summed E-state index contributed by atoms with van der Waals surface area (Å²) < 4.78 is 0. The van der Waals surface area contributed by atoms with E-state index in [9.17, 15) is 0 Å². The van der Waals surface area contributed by atoms with E-state index in [0.717, 1.165) is 55.6 Å². The Hall–Kier alpha value is -2.75. The maximum atomic E-state index is 4.96. The molecule has 0 bridgehead atoms. The summed E-state index contributed by atoms with van der Waals surface area (Å²) in [5.74, 6) is 0. The summed E-state index contributed by atoms with van der Waals surface area (Å²) in [7, 11) is 2.19. The second-order valence-corrected chi connectivity index (χ2v) is 7.57. The third-order valence-corrected chi connectivity index (χ3v) is 5.91. The van der Waals surface area contributed by atoms with E-state index in [1.165, 1.54) is 22.5 Å². The second kappa shape index (κ2) is 6.76. The van der Waals surface area contributed by atoms with Crippen molar-refractivity contribution in [2.45, 2.75) is 44.6 Å². The van der Waals surface area contributed by atoms with Gasteiger partial charge in [-0.2, -0.15) is 0 Å². The fraction of sp³-hybridized carbons (Fsp3) is 0.348. The summed E-state index contributed by atoms with van der Waals surface area (Å²) in [5, 5.41) is 0. The molecule has 4 heteroatoms. The molecule has 0 saturated heterocycles. The van der Waals surface area contributed by atoms with Crippen LogP contribution in [-0.4, -0.2) is 30.7 Å². The van der Waals surface area contributed by atoms with Crippen molar-refractivity contribution in [1.82, 2.24) is 0 Å². The van der Waals surface area contributed by atoms with Gasteiger partial charge in [-0.15, -0.1) is 0 Å². The SMILES string of the molecule is CN1c2ccccc2N=C2C=C(C3=CN=C(C4=CCCC=N4)CC3)CCC21. The van der Waals surface area contributed by atoms with Gasteiger partial charge >= 0.3 is 0 Å². The van der Waals surface area contributed by atoms with Crippen molar-refractivity contribution in [2.75, 3.05) is 11.9 Å². The molecule has 3 aliphatic heterocycles. The van der Waals surface area contributed by atoms with Gasteiger partial charge in [0.1, 0.15) is 0 Å². The fourth-order valence-corrected chi connectivity index (χ4v) is 4.38. The number of nitrogens with zero attached hydrogens (tertiary/aromatic N) is 4. The van der Waals surface area contributed by atoms with E-state index < -0.39 is 0 Å². The van der Waals surface area contributed by atoms with Gasteiger partial charge in [0.2, 0.25) is 0 Å². The molecule has 0 radical (unpaired) electrons. The quantitative estimate of drug-likeness (QED) is 0.721. The molecule has 1 aromatic rings. The molecule has 0 N–H and O–H groups in total. The van der Waals surface area contributed by atoms with Gasteiger partial charge in [-0.1, -0.05) is 18.2 Å². The first kappa shape index (κ1) is 16.4. The lowest BCUT2D eigenvalue weighted by molar-refractivity contribution is 0.682. The van der Waals surface area contributed by atoms with Crippen molar-refractivity contribution in [1.29, 1.82) is 0 Å². The van der Waals surface area contributed by atoms with Crippen LogP contribution in [0.5, 0.6) is 0 Å². The number of benzene rings is 1. The predicted octanol–water partition coefficient (Wildman–Crippen LogP) is 5.16. The van der Waals surface area contributed by atoms with Crippen LogP contribution >= 0.6 is 0 Å². The van der Waals surface area contributed by atoms with Gasteiger partial charge in [-0.05, 0) is 67.9 Å². The van der Waals surface area contributed by atoms with Gasteiger partial charge in [-0.3, -0.25) is 9.98 Å². The highest BCUT2D eigenvalue weighted by molar-refractivity contribution is 6.07. The molecule has 1 aliphatic carbocycles. The third-order valence-electron chi connectivity index (χ3n) is 5.91. The lowest BCUT2D eigenvalue weighted by atomic mass is 9.85. The Bertz CT molecular complexity index is 958. The normalized spacial score (nSPS) is 24.1. The molecule has 1 aromatic carbocycles. The molecule has 1 unspecified atom stereocenters. The summed E-state index contributed by atoms with van der Waals surface area (Å²) in [6.07, 6.45) is 14.9. The number of hydrogen-bond donors (Lipinski definition) is 0. The molecular weight excluding hydrogens is 332 g/mol. The predicted molar refractivity (Wildman–Crippen MR) is 114 cm³/mol. The van der Waals surface area contributed by atoms with Crippen molar-refractivity contribution in [2.24, 2.45) is 15.0 Å². The molecule has 0 aromatic heterocycles. The topological polar surface area (TPSA) is 40.3 Å². The van der Waals surface area contributed by atoms with Gasteiger partial charge in [0.15, 0.2) is 0 Å². The minimum Gasteiger partial charge on any atom is -0.364 e. The molecule has 136 valence electrons. The molecule has 0 saturated carbocycles. The number of para-hydroxylation sites is 2. The Kier molecular flexibility index (Phi) is 4.12. The zero-order valence-electron chi connectivity index (χ0n) is 15.7. The zero-order valence-corrected chi connectivity index (χ0v) is 15.7. The minimum absolute atomic E-state index is 0.383. The Morgan fingerprint density at radius 3 is 2.78 bits per heavy atom. The van der Waals surface area contributed by atoms with Crippen LogP contribution in [0.1, 0.15) is 38.5 Å². The smallest absolute Gasteiger partial charge is 0.0867 e. The molecule has 0 amide bonds. The van der Waals surface area contributed by atoms with Crippen LogP contribution in [0.4, 0.5) is 11.4 Å². The van der Waals surface area contributed by atoms with Crippen molar-refractivity contribution < 1.29 is 0 Å². The third kappa shape index (κ3) is 2.99. The number of allylic oxidation sites excluding steroid dienone is 4. The van der Waals surface area contributed by atoms with E-state index >= 15 is 0 Å². The Morgan fingerprint density at radius 1 is 1.04 bits per heavy atom. The fourth-order valence-electron chi connectivity index (χ4n) is 4.38. The monoisotopic (exact) mass is 356 g/mol. The highest BCUT2D eigenvalue weighted by atomic mass is 15.2. The van der Waals surface area contributed by atoms with Crippen molar-refractivity contribution in [3.63, 3.8) is 0 Å². The summed E-state index contributed by atoms with van der Waals surface area (Å²) in [6, 6.07) is 8.80. The Morgan fingerprint density at radius 2 is 1.96 bits per heavy atom. The van der Waals surface area contributed by atoms with E-state index in [-0.39, 0.29) is 0 Å². The highest BCUT2D eigenvalue weighted by Crippen LogP contribution is 2.39. The van der Waals surface area contributed by atoms with E-state index in [0.29, 0.717) is 6.04 Å². The number of fused-ring (bicyclic) bond motifs is 2. The first-order chi connectivity index (χ1) is 13.3. The summed E-state index contributed by atoms with van der Waals surface area (Å²) in [4.78, 5) is 16.6. The number of hydrogen-bond acceptors (Lipinski definition) is 4. The lowest BCUT2D eigenvalue weighted by Crippen LogP contribution is -2.41. The van der Waals surface area contributed by atoms with Crippen LogP contribution < -0.4 is 4.90 Å². The Labute approximate surface area is 160 Å². The number of rotatable bonds is 2. The average Bonchev–Trinajstić information content (AvgIpc) is 2.74. The molecule has 5 rings (SSSR count). The molecule has 4 nitrogen and oxygen atoms in total. The van der Waals surface area contributed by atoms with Crippen LogP contribution in [0.15, 0.2) is 74.4 Å². The maximum absolute atomic E-state index is 4.96. The van der Waals surface area contributed by atoms with E-state index in [4.69, 9.17) is 9.98 Å². The van der Waals surface area contributed by atoms with E-state index in [2.05, 4.69) is 59.6 Å². The van der Waals surface area contributed by atoms with Crippen molar-refractivity contribution in [3.05, 3.63) is 59.5 Å². The molecule has 4 aliphatic rings. The van der Waals surface area contributed by atoms with Crippen LogP contribution in [0.2, 0.25) is 0 Å². The lowest BCUT2D eigenvalue weighted by Gasteiger charge is -2.37. The maximum Gasteiger partial charge on any atom is 0.0867 e. The molecule has 0 spiro atoms. The Balaban J connectivity index is 1.44. The number of aliphatic imine (C=N–C) groups is 3. The highest BCUT2D eigenvalue weighted by Gasteiger charge is 2.30. The minimum atomic E-state index is 0.383. The van der Waals surface area contributed by atoms with Crippen LogP contribution in [-0.2, 0) is 0 Å². The van der Waals surface area contributed by atoms with Gasteiger partial charge in [0, 0.05) is 19.5 Å². The molecule has 3 heterocycles. The number of anilines is 1. The first-order valence-corrected chi connectivity index (χ1v) is 9.90. The zero-order chi connectivity index (χ0) is 18.2. The van der Waals surface area contributed by atoms with Gasteiger partial charge < -0.3 is 4.90 Å². The van der Waals surface area contributed by atoms with Crippen LogP contribution in [0, 0.1) is 0 Å². The standard InChI is InChI=1S/C23H24N4/c1-27-22-8-3-2-7-20(22)26-21-14-16(10-12-23(21)27)17-9-11-19(25-15-17)18-6-4-5-13-24-18/h2-3,6-8,13-15,23H,4-5,9-12H2,1H3. The molecular formula is C23H24N4. The summed E-state index contributed by atoms with van der Waals surface area (Å²) in [5.41, 5.74) is 8.47. The summed E-state index contributed by atoms with van der Waals surface area (Å²) >= 11 is 0. The average molecular weight is 356 g/mol. The van der Waals surface area contributed by atoms with Gasteiger partial charge in [0.05, 0.1) is 34.5 Å². The van der Waals surface area contributed by atoms with Crippen LogP contribution in [0.25, 0.3) is 0 Å². The second-order valence-electron chi connectivity index (χ2n) is 7.57. The van der Waals surface area contributed by atoms with E-state index in [1.54, 1.807) is 0 Å². The molecule has 27 heavy (non-hydrogen) atoms. The first-order valence-electron chi connectivity index (χ1n) is 9.90. The largest absolute Gasteiger partial charge is 0.364 e. The summed E-state index contributed by atoms with van der Waals surface area (Å²) in [6.45, 7) is 0. The van der Waals surface area contributed by atoms with Gasteiger partial charge in [0.25, 0.3) is 0 Å². The molecule has 1 atom stereocenters. The van der Waals surface area contributed by atoms with Crippen LogP contribution in [0.3, 0.4) is 0 Å². The molecule has 0 fully saturated rings. The van der Waals surface area contributed by atoms with E-state index in [1.807, 2.05) is 6.21 Å². The van der Waals surface area contributed by atoms with Crippen molar-refractivity contribution >= 4 is 29.0 Å². The van der Waals surface area contributed by atoms with Gasteiger partial charge in [-0.25, -0.2) is 4.99 Å².